The molecule has 5 heteroatoms. The highest BCUT2D eigenvalue weighted by Crippen LogP contribution is 2.26. The predicted molar refractivity (Wildman–Crippen MR) is 71.2 cm³/mol. The number of likely N-dealkylation sites (N-methyl/N-ethyl adjacent to an activating group) is 1. The van der Waals surface area contributed by atoms with Crippen molar-refractivity contribution in [2.75, 3.05) is 19.6 Å². The zero-order valence-corrected chi connectivity index (χ0v) is 11.9. The Bertz CT molecular complexity index is 306. The molecule has 1 rings (SSSR count). The Morgan fingerprint density at radius 1 is 1.22 bits per heavy atom. The molecule has 1 aliphatic carbocycles. The molecule has 0 spiro atoms. The van der Waals surface area contributed by atoms with Crippen LogP contribution in [0, 0.1) is 0 Å². The molecular weight excluding hydrogens is 230 g/mol. The number of nitrogens with zero attached hydrogens (tertiary/aromatic N) is 1. The highest BCUT2D eigenvalue weighted by molar-refractivity contribution is 5.81. The summed E-state index contributed by atoms with van der Waals surface area (Å²) in [6, 6.07) is 0.438. The van der Waals surface area contributed by atoms with Gasteiger partial charge in [0.2, 0.25) is 11.8 Å². The van der Waals surface area contributed by atoms with Crippen LogP contribution in [-0.2, 0) is 9.59 Å². The Kier molecular flexibility index (Phi) is 5.14. The summed E-state index contributed by atoms with van der Waals surface area (Å²) < 4.78 is 0. The van der Waals surface area contributed by atoms with E-state index in [-0.39, 0.29) is 30.4 Å². The molecule has 0 atom stereocenters. The van der Waals surface area contributed by atoms with Gasteiger partial charge in [0.1, 0.15) is 0 Å². The maximum atomic E-state index is 11.9. The maximum absolute atomic E-state index is 11.9. The van der Waals surface area contributed by atoms with Gasteiger partial charge in [-0.2, -0.15) is 0 Å². The lowest BCUT2D eigenvalue weighted by molar-refractivity contribution is -0.130. The van der Waals surface area contributed by atoms with E-state index in [1.54, 1.807) is 0 Å². The van der Waals surface area contributed by atoms with Gasteiger partial charge in [-0.3, -0.25) is 14.9 Å². The molecule has 0 bridgehead atoms. The van der Waals surface area contributed by atoms with Crippen molar-refractivity contribution in [1.82, 2.24) is 15.5 Å². The Morgan fingerprint density at radius 3 is 2.28 bits per heavy atom. The number of amides is 2. The van der Waals surface area contributed by atoms with Crippen LogP contribution >= 0.6 is 0 Å². The first-order chi connectivity index (χ1) is 8.33. The highest BCUT2D eigenvalue weighted by atomic mass is 16.2. The smallest absolute Gasteiger partial charge is 0.236 e. The lowest BCUT2D eigenvalue weighted by Gasteiger charge is -2.22. The largest absolute Gasteiger partial charge is 0.350 e. The zero-order valence-electron chi connectivity index (χ0n) is 11.9. The third-order valence-electron chi connectivity index (χ3n) is 2.72. The van der Waals surface area contributed by atoms with Crippen LogP contribution in [-0.4, -0.2) is 47.9 Å². The van der Waals surface area contributed by atoms with Crippen LogP contribution in [0.2, 0.25) is 0 Å². The Labute approximate surface area is 109 Å². The second kappa shape index (κ2) is 6.18. The summed E-state index contributed by atoms with van der Waals surface area (Å²) in [7, 11) is 0. The molecule has 1 fully saturated rings. The first kappa shape index (κ1) is 15.0. The molecule has 2 N–H and O–H groups in total. The average molecular weight is 255 g/mol. The minimum atomic E-state index is -0.230. The van der Waals surface area contributed by atoms with Gasteiger partial charge >= 0.3 is 0 Å². The standard InChI is InChI=1S/C13H25N3O2/c1-5-16(10-6-7-10)12(18)9-14-8-11(17)15-13(2,3)4/h10,14H,5-9H2,1-4H3,(H,15,17). The summed E-state index contributed by atoms with van der Waals surface area (Å²) in [4.78, 5) is 25.3. The fraction of sp³-hybridized carbons (Fsp3) is 0.846. The van der Waals surface area contributed by atoms with Gasteiger partial charge in [-0.25, -0.2) is 0 Å². The molecule has 1 saturated carbocycles. The second-order valence-electron chi connectivity index (χ2n) is 5.81. The predicted octanol–water partition coefficient (Wildman–Crippen LogP) is 0.502. The molecule has 18 heavy (non-hydrogen) atoms. The van der Waals surface area contributed by atoms with E-state index in [0.717, 1.165) is 19.4 Å². The molecule has 1 aliphatic rings. The minimum Gasteiger partial charge on any atom is -0.350 e. The van der Waals surface area contributed by atoms with Crippen molar-refractivity contribution in [3.63, 3.8) is 0 Å². The van der Waals surface area contributed by atoms with Crippen LogP contribution in [0.4, 0.5) is 0 Å². The van der Waals surface area contributed by atoms with Crippen molar-refractivity contribution in [3.05, 3.63) is 0 Å². The van der Waals surface area contributed by atoms with Gasteiger partial charge in [0.05, 0.1) is 13.1 Å². The SMILES string of the molecule is CCN(C(=O)CNCC(=O)NC(C)(C)C)C1CC1. The Hall–Kier alpha value is -1.10. The summed E-state index contributed by atoms with van der Waals surface area (Å²) in [6.45, 7) is 8.96. The zero-order chi connectivity index (χ0) is 13.8. The molecule has 2 amide bonds. The van der Waals surface area contributed by atoms with Crippen LogP contribution in [0.15, 0.2) is 0 Å². The number of carbonyl (C=O) groups excluding carboxylic acids is 2. The number of nitrogens with one attached hydrogen (secondary N) is 2. The van der Waals surface area contributed by atoms with E-state index in [4.69, 9.17) is 0 Å². The molecule has 0 aliphatic heterocycles. The van der Waals surface area contributed by atoms with Gasteiger partial charge in [0, 0.05) is 18.1 Å². The molecule has 0 saturated heterocycles. The van der Waals surface area contributed by atoms with Gasteiger partial charge in [-0.1, -0.05) is 0 Å². The van der Waals surface area contributed by atoms with E-state index in [1.807, 2.05) is 32.6 Å². The molecule has 0 aromatic heterocycles. The summed E-state index contributed by atoms with van der Waals surface area (Å²) in [5.74, 6) is 0.00771. The van der Waals surface area contributed by atoms with Gasteiger partial charge in [-0.05, 0) is 40.5 Å². The van der Waals surface area contributed by atoms with Crippen molar-refractivity contribution >= 4 is 11.8 Å². The van der Waals surface area contributed by atoms with Gasteiger partial charge in [-0.15, -0.1) is 0 Å². The van der Waals surface area contributed by atoms with E-state index in [9.17, 15) is 9.59 Å². The quantitative estimate of drug-likeness (QED) is 0.726. The number of carbonyl (C=O) groups is 2. The third-order valence-corrected chi connectivity index (χ3v) is 2.72. The molecular formula is C13H25N3O2. The van der Waals surface area contributed by atoms with E-state index in [1.165, 1.54) is 0 Å². The molecule has 0 heterocycles. The first-order valence-electron chi connectivity index (χ1n) is 6.64. The van der Waals surface area contributed by atoms with Crippen LogP contribution in [0.3, 0.4) is 0 Å². The first-order valence-corrected chi connectivity index (χ1v) is 6.64. The maximum Gasteiger partial charge on any atom is 0.236 e. The summed E-state index contributed by atoms with van der Waals surface area (Å²) in [6.07, 6.45) is 2.23. The van der Waals surface area contributed by atoms with Crippen LogP contribution in [0.1, 0.15) is 40.5 Å². The van der Waals surface area contributed by atoms with E-state index in [0.29, 0.717) is 6.04 Å². The highest BCUT2D eigenvalue weighted by Gasteiger charge is 2.30. The number of hydrogen-bond acceptors (Lipinski definition) is 3. The summed E-state index contributed by atoms with van der Waals surface area (Å²) >= 11 is 0. The molecule has 104 valence electrons. The molecule has 5 nitrogen and oxygen atoms in total. The Morgan fingerprint density at radius 2 is 1.83 bits per heavy atom. The van der Waals surface area contributed by atoms with Crippen LogP contribution < -0.4 is 10.6 Å². The van der Waals surface area contributed by atoms with Crippen LogP contribution in [0.5, 0.6) is 0 Å². The van der Waals surface area contributed by atoms with Gasteiger partial charge in [0.15, 0.2) is 0 Å². The van der Waals surface area contributed by atoms with Crippen molar-refractivity contribution in [2.45, 2.75) is 52.1 Å². The number of rotatable bonds is 6. The normalized spacial score (nSPS) is 15.3. The van der Waals surface area contributed by atoms with Crippen molar-refractivity contribution < 1.29 is 9.59 Å². The summed E-state index contributed by atoms with van der Waals surface area (Å²) in [5.41, 5.74) is -0.230. The fourth-order valence-electron chi connectivity index (χ4n) is 1.87. The average Bonchev–Trinajstić information content (AvgIpc) is 3.00. The van der Waals surface area contributed by atoms with Gasteiger partial charge in [0.25, 0.3) is 0 Å². The van der Waals surface area contributed by atoms with Crippen molar-refractivity contribution in [1.29, 1.82) is 0 Å². The topological polar surface area (TPSA) is 61.4 Å². The van der Waals surface area contributed by atoms with E-state index < -0.39 is 0 Å². The molecule has 0 aromatic rings. The molecule has 0 aromatic carbocycles. The Balaban J connectivity index is 2.20. The molecule has 0 radical (unpaired) electrons. The molecule has 0 unspecified atom stereocenters. The lowest BCUT2D eigenvalue weighted by atomic mass is 10.1. The van der Waals surface area contributed by atoms with Crippen molar-refractivity contribution in [2.24, 2.45) is 0 Å². The van der Waals surface area contributed by atoms with Crippen molar-refractivity contribution in [3.8, 4) is 0 Å². The minimum absolute atomic E-state index is 0.0789. The van der Waals surface area contributed by atoms with Gasteiger partial charge < -0.3 is 10.2 Å². The number of hydrogen-bond donors (Lipinski definition) is 2. The monoisotopic (exact) mass is 255 g/mol. The van der Waals surface area contributed by atoms with E-state index in [2.05, 4.69) is 10.6 Å². The summed E-state index contributed by atoms with van der Waals surface area (Å²) in [5, 5.41) is 5.75. The lowest BCUT2D eigenvalue weighted by Crippen LogP contribution is -2.47. The fourth-order valence-corrected chi connectivity index (χ4v) is 1.87. The van der Waals surface area contributed by atoms with Crippen LogP contribution in [0.25, 0.3) is 0 Å². The third kappa shape index (κ3) is 5.49. The van der Waals surface area contributed by atoms with E-state index >= 15 is 0 Å². The second-order valence-corrected chi connectivity index (χ2v) is 5.81.